The summed E-state index contributed by atoms with van der Waals surface area (Å²) < 4.78 is 7.32. The Morgan fingerprint density at radius 1 is 0.533 bits per heavy atom. The van der Waals surface area contributed by atoms with Crippen LogP contribution in [0.15, 0.2) is 55.0 Å². The molecule has 7 heterocycles. The van der Waals surface area contributed by atoms with E-state index >= 15 is 0 Å². The minimum absolute atomic E-state index is 0.0224. The molecule has 0 aliphatic carbocycles. The molecule has 12 heteroatoms. The molecule has 4 aliphatic heterocycles. The van der Waals surface area contributed by atoms with Gasteiger partial charge in [0.05, 0.1) is 17.1 Å². The maximum Gasteiger partial charge on any atom is 0.486 e. The van der Waals surface area contributed by atoms with Crippen molar-refractivity contribution >= 4 is 55.9 Å². The van der Waals surface area contributed by atoms with Crippen molar-refractivity contribution in [3.05, 3.63) is 55.0 Å². The summed E-state index contributed by atoms with van der Waals surface area (Å²) in [4.78, 5) is 20.9. The molecule has 1 saturated heterocycles. The van der Waals surface area contributed by atoms with E-state index in [0.29, 0.717) is 0 Å². The first-order valence-corrected chi connectivity index (χ1v) is 10.1. The fourth-order valence-corrected chi connectivity index (χ4v) is 5.54. The van der Waals surface area contributed by atoms with Gasteiger partial charge in [-0.2, -0.15) is 0 Å². The Balaban J connectivity index is 1.52. The van der Waals surface area contributed by atoms with Gasteiger partial charge in [0, 0.05) is 18.6 Å². The van der Waals surface area contributed by atoms with E-state index in [9.17, 15) is 0 Å². The Kier molecular flexibility index (Phi) is 2.89. The van der Waals surface area contributed by atoms with E-state index in [1.54, 1.807) is 0 Å². The second-order valence-electron chi connectivity index (χ2n) is 8.13. The zero-order valence-corrected chi connectivity index (χ0v) is 17.0. The van der Waals surface area contributed by atoms with Gasteiger partial charge in [-0.05, 0) is 57.5 Å². The van der Waals surface area contributed by atoms with Crippen LogP contribution in [0.4, 0.5) is 34.5 Å². The van der Waals surface area contributed by atoms with Crippen LogP contribution < -0.4 is 28.6 Å². The zero-order valence-electron chi connectivity index (χ0n) is 17.0. The number of anilines is 6. The lowest BCUT2D eigenvalue weighted by Gasteiger charge is -2.50. The first-order chi connectivity index (χ1) is 14.7. The van der Waals surface area contributed by atoms with E-state index in [1.807, 2.05) is 36.8 Å². The molecule has 0 aromatic carbocycles. The molecule has 7 rings (SSSR count). The van der Waals surface area contributed by atoms with Gasteiger partial charge in [0.2, 0.25) is 0 Å². The smallest absolute Gasteiger partial charge is 0.381 e. The third kappa shape index (κ3) is 1.68. The number of pyridine rings is 3. The van der Waals surface area contributed by atoms with Gasteiger partial charge in [0.25, 0.3) is 0 Å². The van der Waals surface area contributed by atoms with Crippen molar-refractivity contribution in [1.29, 1.82) is 0 Å². The van der Waals surface area contributed by atoms with Gasteiger partial charge in [-0.15, -0.1) is 0 Å². The molecule has 1 fully saturated rings. The Morgan fingerprint density at radius 3 is 1.13 bits per heavy atom. The molecule has 144 valence electrons. The number of nitrogens with zero attached hydrogens (tertiary/aromatic N) is 9. The van der Waals surface area contributed by atoms with Gasteiger partial charge >= 0.3 is 21.4 Å². The van der Waals surface area contributed by atoms with Crippen LogP contribution in [-0.4, -0.2) is 57.4 Å². The van der Waals surface area contributed by atoms with E-state index in [0.717, 1.165) is 34.5 Å². The van der Waals surface area contributed by atoms with E-state index in [-0.39, 0.29) is 21.4 Å². The highest BCUT2D eigenvalue weighted by molar-refractivity contribution is 7.10. The third-order valence-electron chi connectivity index (χ3n) is 6.67. The molecule has 3 aromatic heterocycles. The standard InChI is InChI=1S/C18H18B3N9/c1-25-16-13(7-4-10-22-16)28-19(25)29-14-8-5-11-23-17(14)26(2)21(29)30-15-9-6-12-24-18(15)27(3)20(28)30/h4-12H,1-3H3. The van der Waals surface area contributed by atoms with Crippen molar-refractivity contribution < 1.29 is 0 Å². The second-order valence-corrected chi connectivity index (χ2v) is 8.13. The van der Waals surface area contributed by atoms with Crippen LogP contribution in [0.5, 0.6) is 0 Å². The highest BCUT2D eigenvalue weighted by Gasteiger charge is 2.68. The van der Waals surface area contributed by atoms with Crippen LogP contribution in [-0.2, 0) is 0 Å². The Labute approximate surface area is 176 Å². The summed E-state index contributed by atoms with van der Waals surface area (Å²) in [6.07, 6.45) is 5.59. The highest BCUT2D eigenvalue weighted by atomic mass is 15.6. The predicted octanol–water partition coefficient (Wildman–Crippen LogP) is 1.01. The molecular weight excluding hydrogens is 375 g/mol. The summed E-state index contributed by atoms with van der Waals surface area (Å²) in [5, 5.41) is 0. The van der Waals surface area contributed by atoms with E-state index in [4.69, 9.17) is 15.0 Å². The molecule has 0 unspecified atom stereocenters. The summed E-state index contributed by atoms with van der Waals surface area (Å²) in [5.74, 6) is 2.96. The lowest BCUT2D eigenvalue weighted by molar-refractivity contribution is 1.18. The SMILES string of the molecule is CN1B2N(B3N(C)c4ncccc4N3B3N(C)c4ncccc4N23)c2cccnc21. The van der Waals surface area contributed by atoms with Crippen molar-refractivity contribution in [2.24, 2.45) is 0 Å². The first-order valence-electron chi connectivity index (χ1n) is 10.1. The maximum atomic E-state index is 4.72. The van der Waals surface area contributed by atoms with Crippen LogP contribution in [0.25, 0.3) is 0 Å². The van der Waals surface area contributed by atoms with Gasteiger partial charge in [-0.3, -0.25) is 0 Å². The van der Waals surface area contributed by atoms with E-state index in [2.05, 4.69) is 67.9 Å². The molecule has 0 N–H and O–H groups in total. The largest absolute Gasteiger partial charge is 0.486 e. The molecule has 0 atom stereocenters. The Morgan fingerprint density at radius 2 is 0.833 bits per heavy atom. The molecule has 0 radical (unpaired) electrons. The monoisotopic (exact) mass is 393 g/mol. The lowest BCUT2D eigenvalue weighted by atomic mass is 9.56. The summed E-state index contributed by atoms with van der Waals surface area (Å²) in [5.41, 5.74) is 3.37. The van der Waals surface area contributed by atoms with Crippen LogP contribution in [0.1, 0.15) is 0 Å². The molecule has 0 spiro atoms. The molecule has 3 aromatic rings. The number of aromatic nitrogens is 3. The van der Waals surface area contributed by atoms with Crippen LogP contribution >= 0.6 is 0 Å². The summed E-state index contributed by atoms with van der Waals surface area (Å²) in [7, 11) is 6.30. The average molecular weight is 393 g/mol. The molecule has 30 heavy (non-hydrogen) atoms. The van der Waals surface area contributed by atoms with E-state index < -0.39 is 0 Å². The minimum atomic E-state index is -0.0224. The van der Waals surface area contributed by atoms with Crippen molar-refractivity contribution in [1.82, 2.24) is 15.0 Å². The predicted molar refractivity (Wildman–Crippen MR) is 123 cm³/mol. The summed E-state index contributed by atoms with van der Waals surface area (Å²) in [6, 6.07) is 12.5. The second kappa shape index (κ2) is 5.32. The molecule has 9 nitrogen and oxygen atoms in total. The van der Waals surface area contributed by atoms with Crippen molar-refractivity contribution in [2.45, 2.75) is 0 Å². The fraction of sp³-hybridized carbons (Fsp3) is 0.167. The van der Waals surface area contributed by atoms with Crippen LogP contribution in [0.3, 0.4) is 0 Å². The topological polar surface area (TPSA) is 58.1 Å². The lowest BCUT2D eigenvalue weighted by Crippen LogP contribution is -2.84. The fourth-order valence-electron chi connectivity index (χ4n) is 5.54. The summed E-state index contributed by atoms with van der Waals surface area (Å²) in [6.45, 7) is 0. The van der Waals surface area contributed by atoms with Crippen molar-refractivity contribution in [3.63, 3.8) is 0 Å². The van der Waals surface area contributed by atoms with Gasteiger partial charge in [0.1, 0.15) is 17.5 Å². The van der Waals surface area contributed by atoms with Crippen LogP contribution in [0.2, 0.25) is 0 Å². The normalized spacial score (nSPS) is 17.9. The molecular formula is C18H18B3N9. The summed E-state index contributed by atoms with van der Waals surface area (Å²) >= 11 is 0. The molecule has 0 amide bonds. The molecule has 4 aliphatic rings. The van der Waals surface area contributed by atoms with Crippen LogP contribution in [0, 0.1) is 0 Å². The molecule has 0 saturated carbocycles. The quantitative estimate of drug-likeness (QED) is 0.521. The van der Waals surface area contributed by atoms with Crippen molar-refractivity contribution in [2.75, 3.05) is 49.7 Å². The minimum Gasteiger partial charge on any atom is -0.381 e. The van der Waals surface area contributed by atoms with E-state index in [1.165, 1.54) is 0 Å². The highest BCUT2D eigenvalue weighted by Crippen LogP contribution is 2.51. The van der Waals surface area contributed by atoms with Gasteiger partial charge in [0.15, 0.2) is 0 Å². The Hall–Kier alpha value is -3.56. The van der Waals surface area contributed by atoms with Gasteiger partial charge in [-0.25, -0.2) is 15.0 Å². The Bertz CT molecular complexity index is 1040. The first kappa shape index (κ1) is 16.3. The van der Waals surface area contributed by atoms with Gasteiger partial charge in [-0.1, -0.05) is 0 Å². The number of hydrogen-bond acceptors (Lipinski definition) is 9. The van der Waals surface area contributed by atoms with Gasteiger partial charge < -0.3 is 28.6 Å². The number of hydrogen-bond donors (Lipinski definition) is 0. The number of fused-ring (bicyclic) bond motifs is 12. The van der Waals surface area contributed by atoms with Crippen molar-refractivity contribution in [3.8, 4) is 0 Å². The zero-order chi connectivity index (χ0) is 20.1. The molecule has 0 bridgehead atoms. The number of rotatable bonds is 0. The average Bonchev–Trinajstić information content (AvgIpc) is 3.36. The third-order valence-corrected chi connectivity index (χ3v) is 6.67. The maximum absolute atomic E-state index is 4.72.